The zero-order chi connectivity index (χ0) is 22.8. The zero-order valence-electron chi connectivity index (χ0n) is 18.2. The third-order valence-corrected chi connectivity index (χ3v) is 5.80. The lowest BCUT2D eigenvalue weighted by Gasteiger charge is -2.34. The number of hydrogen-bond acceptors (Lipinski definition) is 5. The Morgan fingerprint density at radius 2 is 1.58 bits per heavy atom. The summed E-state index contributed by atoms with van der Waals surface area (Å²) < 4.78 is 5.01. The van der Waals surface area contributed by atoms with Gasteiger partial charge in [-0.15, -0.1) is 0 Å². The summed E-state index contributed by atoms with van der Waals surface area (Å²) in [4.78, 5) is 33.5. The van der Waals surface area contributed by atoms with Crippen LogP contribution in [0, 0.1) is 6.92 Å². The second kappa shape index (κ2) is 8.74. The van der Waals surface area contributed by atoms with Crippen molar-refractivity contribution in [3.8, 4) is 11.4 Å². The Morgan fingerprint density at radius 3 is 2.30 bits per heavy atom. The van der Waals surface area contributed by atoms with Crippen molar-refractivity contribution in [2.45, 2.75) is 6.92 Å². The molecule has 166 valence electrons. The smallest absolute Gasteiger partial charge is 0.321 e. The normalized spacial score (nSPS) is 13.8. The Labute approximate surface area is 190 Å². The summed E-state index contributed by atoms with van der Waals surface area (Å²) >= 11 is 0. The standard InChI is InChI=1S/C25H23N5O3/c1-17-26-23(28-33-17)19-9-11-20(12-10-19)24(31)29-13-15-30(16-14-29)25(32)27-22-8-4-6-18-5-2-3-7-21(18)22/h2-12H,13-16H2,1H3,(H,27,32). The molecule has 0 spiro atoms. The minimum atomic E-state index is -0.154. The first-order chi connectivity index (χ1) is 16.1. The van der Waals surface area contributed by atoms with Crippen LogP contribution in [0.1, 0.15) is 16.2 Å². The van der Waals surface area contributed by atoms with E-state index in [1.165, 1.54) is 0 Å². The van der Waals surface area contributed by atoms with E-state index in [2.05, 4.69) is 15.5 Å². The lowest BCUT2D eigenvalue weighted by atomic mass is 10.1. The van der Waals surface area contributed by atoms with Crippen molar-refractivity contribution in [2.75, 3.05) is 31.5 Å². The van der Waals surface area contributed by atoms with Gasteiger partial charge in [0.05, 0.1) is 5.69 Å². The lowest BCUT2D eigenvalue weighted by Crippen LogP contribution is -2.51. The summed E-state index contributed by atoms with van der Waals surface area (Å²) in [6, 6.07) is 20.8. The van der Waals surface area contributed by atoms with E-state index in [0.717, 1.165) is 22.0 Å². The van der Waals surface area contributed by atoms with E-state index in [-0.39, 0.29) is 11.9 Å². The molecule has 0 saturated carbocycles. The van der Waals surface area contributed by atoms with E-state index in [1.54, 1.807) is 28.9 Å². The van der Waals surface area contributed by atoms with Gasteiger partial charge in [0.25, 0.3) is 5.91 Å². The van der Waals surface area contributed by atoms with E-state index in [0.29, 0.717) is 43.5 Å². The third kappa shape index (κ3) is 4.27. The van der Waals surface area contributed by atoms with Gasteiger partial charge in [0.2, 0.25) is 11.7 Å². The second-order valence-electron chi connectivity index (χ2n) is 7.95. The molecule has 8 nitrogen and oxygen atoms in total. The maximum Gasteiger partial charge on any atom is 0.321 e. The highest BCUT2D eigenvalue weighted by Crippen LogP contribution is 2.23. The Balaban J connectivity index is 1.20. The number of hydrogen-bond donors (Lipinski definition) is 1. The van der Waals surface area contributed by atoms with Gasteiger partial charge in [0.15, 0.2) is 0 Å². The highest BCUT2D eigenvalue weighted by molar-refractivity contribution is 6.01. The molecule has 0 atom stereocenters. The summed E-state index contributed by atoms with van der Waals surface area (Å²) in [6.07, 6.45) is 0. The average Bonchev–Trinajstić information content (AvgIpc) is 3.30. The number of fused-ring (bicyclic) bond motifs is 1. The molecule has 4 aromatic rings. The molecule has 33 heavy (non-hydrogen) atoms. The number of carbonyl (C=O) groups excluding carboxylic acids is 2. The van der Waals surface area contributed by atoms with Gasteiger partial charge in [-0.25, -0.2) is 4.79 Å². The largest absolute Gasteiger partial charge is 0.339 e. The number of carbonyl (C=O) groups is 2. The van der Waals surface area contributed by atoms with Crippen LogP contribution in [0.3, 0.4) is 0 Å². The van der Waals surface area contributed by atoms with Gasteiger partial charge in [-0.3, -0.25) is 4.79 Å². The molecule has 0 radical (unpaired) electrons. The van der Waals surface area contributed by atoms with Crippen LogP contribution in [0.15, 0.2) is 71.3 Å². The molecular weight excluding hydrogens is 418 g/mol. The lowest BCUT2D eigenvalue weighted by molar-refractivity contribution is 0.0671. The molecule has 5 rings (SSSR count). The van der Waals surface area contributed by atoms with Crippen molar-refractivity contribution in [3.63, 3.8) is 0 Å². The number of nitrogens with one attached hydrogen (secondary N) is 1. The summed E-state index contributed by atoms with van der Waals surface area (Å²) in [5.74, 6) is 0.935. The van der Waals surface area contributed by atoms with Crippen LogP contribution in [0.4, 0.5) is 10.5 Å². The van der Waals surface area contributed by atoms with Gasteiger partial charge >= 0.3 is 6.03 Å². The van der Waals surface area contributed by atoms with Gasteiger partial charge in [-0.2, -0.15) is 4.98 Å². The molecule has 8 heteroatoms. The fourth-order valence-electron chi connectivity index (χ4n) is 4.00. The Hall–Kier alpha value is -4.20. The number of anilines is 1. The van der Waals surface area contributed by atoms with Crippen LogP contribution in [-0.2, 0) is 0 Å². The molecule has 1 N–H and O–H groups in total. The molecule has 3 amide bonds. The zero-order valence-corrected chi connectivity index (χ0v) is 18.2. The van der Waals surface area contributed by atoms with E-state index in [1.807, 2.05) is 54.6 Å². The average molecular weight is 441 g/mol. The van der Waals surface area contributed by atoms with Gasteiger partial charge in [-0.1, -0.05) is 53.7 Å². The molecule has 2 heterocycles. The predicted molar refractivity (Wildman–Crippen MR) is 125 cm³/mol. The van der Waals surface area contributed by atoms with Crippen LogP contribution in [0.2, 0.25) is 0 Å². The monoisotopic (exact) mass is 441 g/mol. The minimum absolute atomic E-state index is 0.0556. The molecule has 0 unspecified atom stereocenters. The molecular formula is C25H23N5O3. The molecule has 0 aliphatic carbocycles. The van der Waals surface area contributed by atoms with Crippen molar-refractivity contribution in [3.05, 3.63) is 78.2 Å². The number of piperazine rings is 1. The highest BCUT2D eigenvalue weighted by atomic mass is 16.5. The number of aromatic nitrogens is 2. The van der Waals surface area contributed by atoms with Gasteiger partial charge in [0.1, 0.15) is 0 Å². The van der Waals surface area contributed by atoms with Crippen LogP contribution in [0.25, 0.3) is 22.2 Å². The first kappa shape index (κ1) is 20.7. The topological polar surface area (TPSA) is 91.6 Å². The first-order valence-corrected chi connectivity index (χ1v) is 10.8. The fourth-order valence-corrected chi connectivity index (χ4v) is 4.00. The molecule has 1 saturated heterocycles. The summed E-state index contributed by atoms with van der Waals surface area (Å²) in [5.41, 5.74) is 2.17. The quantitative estimate of drug-likeness (QED) is 0.515. The first-order valence-electron chi connectivity index (χ1n) is 10.8. The predicted octanol–water partition coefficient (Wildman–Crippen LogP) is 4.19. The van der Waals surface area contributed by atoms with E-state index < -0.39 is 0 Å². The van der Waals surface area contributed by atoms with Crippen LogP contribution < -0.4 is 5.32 Å². The van der Waals surface area contributed by atoms with E-state index in [9.17, 15) is 9.59 Å². The van der Waals surface area contributed by atoms with Crippen LogP contribution in [0.5, 0.6) is 0 Å². The maximum atomic E-state index is 12.9. The van der Waals surface area contributed by atoms with Crippen molar-refractivity contribution in [1.82, 2.24) is 19.9 Å². The van der Waals surface area contributed by atoms with Crippen molar-refractivity contribution < 1.29 is 14.1 Å². The van der Waals surface area contributed by atoms with Crippen LogP contribution in [-0.4, -0.2) is 58.1 Å². The molecule has 3 aromatic carbocycles. The molecule has 1 aliphatic heterocycles. The van der Waals surface area contributed by atoms with Crippen molar-refractivity contribution in [1.29, 1.82) is 0 Å². The highest BCUT2D eigenvalue weighted by Gasteiger charge is 2.25. The third-order valence-electron chi connectivity index (χ3n) is 5.80. The molecule has 1 aromatic heterocycles. The minimum Gasteiger partial charge on any atom is -0.339 e. The van der Waals surface area contributed by atoms with E-state index in [4.69, 9.17) is 4.52 Å². The number of urea groups is 1. The Bertz CT molecular complexity index is 1300. The number of benzene rings is 3. The Kier molecular flexibility index (Phi) is 5.48. The number of aryl methyl sites for hydroxylation is 1. The Morgan fingerprint density at radius 1 is 0.879 bits per heavy atom. The van der Waals surface area contributed by atoms with Crippen molar-refractivity contribution >= 4 is 28.4 Å². The van der Waals surface area contributed by atoms with Crippen LogP contribution >= 0.6 is 0 Å². The number of amides is 3. The fraction of sp³-hybridized carbons (Fsp3) is 0.200. The summed E-state index contributed by atoms with van der Waals surface area (Å²) in [6.45, 7) is 3.64. The molecule has 1 fully saturated rings. The SMILES string of the molecule is Cc1nc(-c2ccc(C(=O)N3CCN(C(=O)Nc4cccc5ccccc45)CC3)cc2)no1. The summed E-state index contributed by atoms with van der Waals surface area (Å²) in [5, 5.41) is 8.99. The maximum absolute atomic E-state index is 12.9. The summed E-state index contributed by atoms with van der Waals surface area (Å²) in [7, 11) is 0. The second-order valence-corrected chi connectivity index (χ2v) is 7.95. The van der Waals surface area contributed by atoms with E-state index >= 15 is 0 Å². The van der Waals surface area contributed by atoms with Gasteiger partial charge < -0.3 is 19.6 Å². The number of rotatable bonds is 3. The number of nitrogens with zero attached hydrogens (tertiary/aromatic N) is 4. The molecule has 0 bridgehead atoms. The van der Waals surface area contributed by atoms with Gasteiger partial charge in [-0.05, 0) is 23.6 Å². The molecule has 1 aliphatic rings. The van der Waals surface area contributed by atoms with Crippen molar-refractivity contribution in [2.24, 2.45) is 0 Å². The van der Waals surface area contributed by atoms with Gasteiger partial charge in [0, 0.05) is 49.6 Å².